The third kappa shape index (κ3) is 7.90. The zero-order chi connectivity index (χ0) is 17.5. The molecule has 23 heavy (non-hydrogen) atoms. The molecule has 1 rings (SSSR count). The lowest BCUT2D eigenvalue weighted by Gasteiger charge is -2.19. The molecule has 0 unspecified atom stereocenters. The lowest BCUT2D eigenvalue weighted by Crippen LogP contribution is -2.37. The number of hydrogen-bond donors (Lipinski definition) is 2. The van der Waals surface area contributed by atoms with Crippen LogP contribution in [0.3, 0.4) is 0 Å². The molecule has 2 amide bonds. The molecular weight excluding hydrogens is 339 g/mol. The van der Waals surface area contributed by atoms with E-state index in [2.05, 4.69) is 10.6 Å². The first-order valence-electron chi connectivity index (χ1n) is 7.06. The summed E-state index contributed by atoms with van der Waals surface area (Å²) in [5.74, 6) is -0.313. The Morgan fingerprint density at radius 2 is 1.70 bits per heavy atom. The molecule has 1 aromatic carbocycles. The van der Waals surface area contributed by atoms with E-state index in [1.165, 1.54) is 6.08 Å². The fourth-order valence-electron chi connectivity index (χ4n) is 1.55. The van der Waals surface area contributed by atoms with Crippen LogP contribution in [0, 0.1) is 0 Å². The van der Waals surface area contributed by atoms with Crippen LogP contribution in [0.25, 0.3) is 6.08 Å². The minimum Gasteiger partial charge on any atom is -0.444 e. The van der Waals surface area contributed by atoms with Gasteiger partial charge >= 0.3 is 6.09 Å². The van der Waals surface area contributed by atoms with Crippen LogP contribution >= 0.6 is 23.2 Å². The molecule has 0 aliphatic carbocycles. The van der Waals surface area contributed by atoms with Crippen LogP contribution in [-0.4, -0.2) is 30.7 Å². The molecule has 0 aliphatic rings. The highest BCUT2D eigenvalue weighted by atomic mass is 35.5. The van der Waals surface area contributed by atoms with E-state index < -0.39 is 11.7 Å². The van der Waals surface area contributed by atoms with Crippen LogP contribution in [0.1, 0.15) is 26.3 Å². The Labute approximate surface area is 146 Å². The second-order valence-electron chi connectivity index (χ2n) is 5.69. The Balaban J connectivity index is 2.35. The minimum absolute atomic E-state index is 0.265. The molecule has 0 aromatic heterocycles. The maximum atomic E-state index is 11.7. The number of carbonyl (C=O) groups excluding carboxylic acids is 2. The fraction of sp³-hybridized carbons (Fsp3) is 0.375. The summed E-state index contributed by atoms with van der Waals surface area (Å²) in [6, 6.07) is 5.11. The number of carbonyl (C=O) groups is 2. The van der Waals surface area contributed by atoms with E-state index in [1.807, 2.05) is 0 Å². The zero-order valence-electron chi connectivity index (χ0n) is 13.3. The summed E-state index contributed by atoms with van der Waals surface area (Å²) in [5, 5.41) is 6.10. The fourth-order valence-corrected chi connectivity index (χ4v) is 2.08. The normalized spacial score (nSPS) is 11.3. The Kier molecular flexibility index (Phi) is 7.39. The molecular formula is C16H20Cl2N2O3. The van der Waals surface area contributed by atoms with E-state index in [-0.39, 0.29) is 19.0 Å². The molecule has 5 nitrogen and oxygen atoms in total. The van der Waals surface area contributed by atoms with Crippen LogP contribution in [0.4, 0.5) is 4.79 Å². The molecule has 0 aliphatic heterocycles. The highest BCUT2D eigenvalue weighted by Crippen LogP contribution is 2.25. The average Bonchev–Trinajstić information content (AvgIpc) is 2.41. The summed E-state index contributed by atoms with van der Waals surface area (Å²) >= 11 is 12.0. The van der Waals surface area contributed by atoms with Crippen LogP contribution in [-0.2, 0) is 9.53 Å². The molecule has 1 aromatic rings. The number of hydrogen-bond acceptors (Lipinski definition) is 3. The first kappa shape index (κ1) is 19.3. The van der Waals surface area contributed by atoms with Gasteiger partial charge in [-0.25, -0.2) is 4.79 Å². The van der Waals surface area contributed by atoms with E-state index in [0.29, 0.717) is 15.6 Å². The first-order valence-corrected chi connectivity index (χ1v) is 7.81. The monoisotopic (exact) mass is 358 g/mol. The van der Waals surface area contributed by atoms with Crippen LogP contribution in [0.15, 0.2) is 24.3 Å². The van der Waals surface area contributed by atoms with Crippen molar-refractivity contribution in [1.82, 2.24) is 10.6 Å². The summed E-state index contributed by atoms with van der Waals surface area (Å²) < 4.78 is 5.07. The largest absolute Gasteiger partial charge is 0.444 e. The van der Waals surface area contributed by atoms with E-state index in [1.54, 1.807) is 45.0 Å². The van der Waals surface area contributed by atoms with Gasteiger partial charge in [0, 0.05) is 34.8 Å². The van der Waals surface area contributed by atoms with Gasteiger partial charge < -0.3 is 15.4 Å². The van der Waals surface area contributed by atoms with Gasteiger partial charge in [-0.2, -0.15) is 0 Å². The van der Waals surface area contributed by atoms with E-state index in [4.69, 9.17) is 27.9 Å². The smallest absolute Gasteiger partial charge is 0.407 e. The topological polar surface area (TPSA) is 67.4 Å². The first-order chi connectivity index (χ1) is 10.7. The highest BCUT2D eigenvalue weighted by Gasteiger charge is 2.15. The van der Waals surface area contributed by atoms with Crippen LogP contribution in [0.2, 0.25) is 10.0 Å². The predicted octanol–water partition coefficient (Wildman–Crippen LogP) is 3.65. The van der Waals surface area contributed by atoms with Crippen molar-refractivity contribution in [3.8, 4) is 0 Å². The quantitative estimate of drug-likeness (QED) is 0.623. The van der Waals surface area contributed by atoms with Gasteiger partial charge in [0.15, 0.2) is 0 Å². The van der Waals surface area contributed by atoms with Crippen molar-refractivity contribution in [3.05, 3.63) is 39.9 Å². The molecule has 0 atom stereocenters. The standard InChI is InChI=1S/C16H20Cl2N2O3/c1-16(2,3)23-15(22)20-10-9-19-14(21)8-7-11-12(17)5-4-6-13(11)18/h4-8H,9-10H2,1-3H3,(H,19,21)(H,20,22)/b8-7+. The summed E-state index contributed by atoms with van der Waals surface area (Å²) in [6.07, 6.45) is 2.35. The molecule has 0 bridgehead atoms. The molecule has 0 saturated carbocycles. The van der Waals surface area contributed by atoms with Gasteiger partial charge in [0.1, 0.15) is 5.60 Å². The van der Waals surface area contributed by atoms with Gasteiger partial charge in [-0.1, -0.05) is 29.3 Å². The third-order valence-corrected chi connectivity index (χ3v) is 3.15. The minimum atomic E-state index is -0.551. The summed E-state index contributed by atoms with van der Waals surface area (Å²) in [7, 11) is 0. The number of alkyl carbamates (subject to hydrolysis) is 1. The molecule has 126 valence electrons. The van der Waals surface area contributed by atoms with Gasteiger partial charge in [-0.05, 0) is 39.0 Å². The van der Waals surface area contributed by atoms with Crippen molar-refractivity contribution in [2.45, 2.75) is 26.4 Å². The molecule has 0 heterocycles. The SMILES string of the molecule is CC(C)(C)OC(=O)NCCNC(=O)/C=C/c1c(Cl)cccc1Cl. The second-order valence-corrected chi connectivity index (χ2v) is 6.50. The summed E-state index contributed by atoms with van der Waals surface area (Å²) in [6.45, 7) is 5.87. The van der Waals surface area contributed by atoms with Crippen LogP contribution in [0.5, 0.6) is 0 Å². The summed E-state index contributed by atoms with van der Waals surface area (Å²) in [5.41, 5.74) is 0.0301. The number of rotatable bonds is 5. The predicted molar refractivity (Wildman–Crippen MR) is 92.7 cm³/mol. The summed E-state index contributed by atoms with van der Waals surface area (Å²) in [4.78, 5) is 23.1. The molecule has 0 spiro atoms. The van der Waals surface area contributed by atoms with Crippen molar-refractivity contribution in [2.24, 2.45) is 0 Å². The lowest BCUT2D eigenvalue weighted by atomic mass is 10.2. The van der Waals surface area contributed by atoms with Gasteiger partial charge in [0.2, 0.25) is 5.91 Å². The van der Waals surface area contributed by atoms with Crippen molar-refractivity contribution in [3.63, 3.8) is 0 Å². The van der Waals surface area contributed by atoms with Crippen LogP contribution < -0.4 is 10.6 Å². The molecule has 7 heteroatoms. The molecule has 0 fully saturated rings. The van der Waals surface area contributed by atoms with Crippen molar-refractivity contribution >= 4 is 41.3 Å². The van der Waals surface area contributed by atoms with E-state index >= 15 is 0 Å². The van der Waals surface area contributed by atoms with Gasteiger partial charge in [-0.15, -0.1) is 0 Å². The van der Waals surface area contributed by atoms with Crippen molar-refractivity contribution in [1.29, 1.82) is 0 Å². The highest BCUT2D eigenvalue weighted by molar-refractivity contribution is 6.37. The molecule has 0 saturated heterocycles. The Morgan fingerprint density at radius 1 is 1.13 bits per heavy atom. The maximum Gasteiger partial charge on any atom is 0.407 e. The molecule has 0 radical (unpaired) electrons. The zero-order valence-corrected chi connectivity index (χ0v) is 14.8. The number of benzene rings is 1. The maximum absolute atomic E-state index is 11.7. The van der Waals surface area contributed by atoms with Gasteiger partial charge in [-0.3, -0.25) is 4.79 Å². The van der Waals surface area contributed by atoms with Gasteiger partial charge in [0.25, 0.3) is 0 Å². The van der Waals surface area contributed by atoms with Gasteiger partial charge in [0.05, 0.1) is 0 Å². The average molecular weight is 359 g/mol. The number of nitrogens with one attached hydrogen (secondary N) is 2. The third-order valence-electron chi connectivity index (χ3n) is 2.49. The number of amides is 2. The van der Waals surface area contributed by atoms with E-state index in [0.717, 1.165) is 0 Å². The number of ether oxygens (including phenoxy) is 1. The van der Waals surface area contributed by atoms with Crippen molar-refractivity contribution in [2.75, 3.05) is 13.1 Å². The number of halogens is 2. The Bertz CT molecular complexity index is 575. The Morgan fingerprint density at radius 3 is 2.26 bits per heavy atom. The Hall–Kier alpha value is -1.72. The second kappa shape index (κ2) is 8.79. The lowest BCUT2D eigenvalue weighted by molar-refractivity contribution is -0.116. The van der Waals surface area contributed by atoms with E-state index in [9.17, 15) is 9.59 Å². The van der Waals surface area contributed by atoms with Crippen molar-refractivity contribution < 1.29 is 14.3 Å². The molecule has 2 N–H and O–H groups in total.